The minimum absolute atomic E-state index is 0.150. The minimum Gasteiger partial charge on any atom is -0.330 e. The van der Waals surface area contributed by atoms with Crippen LogP contribution in [0.1, 0.15) is 16.7 Å². The maximum Gasteiger partial charge on any atom is 0.184 e. The molecule has 0 bridgehead atoms. The summed E-state index contributed by atoms with van der Waals surface area (Å²) in [5.41, 5.74) is 3.88. The van der Waals surface area contributed by atoms with Gasteiger partial charge in [-0.3, -0.25) is 4.57 Å². The molecule has 1 heterocycles. The molecule has 0 saturated heterocycles. The fourth-order valence-electron chi connectivity index (χ4n) is 3.32. The van der Waals surface area contributed by atoms with E-state index in [1.165, 1.54) is 0 Å². The summed E-state index contributed by atoms with van der Waals surface area (Å²) in [4.78, 5) is 3.29. The smallest absolute Gasteiger partial charge is 0.184 e. The molecule has 0 atom stereocenters. The van der Waals surface area contributed by atoms with Gasteiger partial charge in [0.2, 0.25) is 0 Å². The van der Waals surface area contributed by atoms with Gasteiger partial charge in [0.25, 0.3) is 0 Å². The highest BCUT2D eigenvalue weighted by atomic mass is 35.5. The summed E-state index contributed by atoms with van der Waals surface area (Å²) in [6.45, 7) is 1.99. The van der Waals surface area contributed by atoms with Gasteiger partial charge < -0.3 is 4.98 Å². The van der Waals surface area contributed by atoms with Crippen LogP contribution in [0.2, 0.25) is 10.0 Å². The van der Waals surface area contributed by atoms with Crippen molar-refractivity contribution in [1.82, 2.24) is 9.55 Å². The molecule has 4 nitrogen and oxygen atoms in total. The summed E-state index contributed by atoms with van der Waals surface area (Å²) in [5, 5.41) is 1.08. The van der Waals surface area contributed by atoms with Crippen LogP contribution in [0.4, 0.5) is 0 Å². The number of H-pyrrole nitrogens is 1. The molecule has 1 N–H and O–H groups in total. The van der Waals surface area contributed by atoms with Crippen molar-refractivity contribution in [2.75, 3.05) is 0 Å². The van der Waals surface area contributed by atoms with Crippen molar-refractivity contribution < 1.29 is 8.42 Å². The summed E-state index contributed by atoms with van der Waals surface area (Å²) in [6, 6.07) is 19.3. The molecule has 4 rings (SSSR count). The van der Waals surface area contributed by atoms with Gasteiger partial charge in [-0.25, -0.2) is 8.42 Å². The Morgan fingerprint density at radius 3 is 2.26 bits per heavy atom. The van der Waals surface area contributed by atoms with Crippen molar-refractivity contribution >= 4 is 67.4 Å². The molecule has 3 aromatic carbocycles. The standard InChI is InChI=1S/C23H18Cl2N2O2S2/c1-15-2-11-21-20(12-15)26-23(30)27(21)13-22(17-5-9-19(25)10-6-17)31(28,29)14-16-3-7-18(24)8-4-16/h2-13H,14H2,1H3,(H,26,30). The summed E-state index contributed by atoms with van der Waals surface area (Å²) in [5.74, 6) is -0.173. The first-order valence-corrected chi connectivity index (χ1v) is 12.2. The second-order valence-corrected chi connectivity index (χ2v) is 10.4. The lowest BCUT2D eigenvalue weighted by molar-refractivity contribution is 0.605. The summed E-state index contributed by atoms with van der Waals surface area (Å²) in [6.07, 6.45) is 1.57. The van der Waals surface area contributed by atoms with Crippen molar-refractivity contribution in [2.45, 2.75) is 12.7 Å². The first-order valence-electron chi connectivity index (χ1n) is 9.39. The molecule has 0 aliphatic heterocycles. The van der Waals surface area contributed by atoms with Gasteiger partial charge in [-0.15, -0.1) is 0 Å². The number of aromatic nitrogens is 2. The second-order valence-electron chi connectivity index (χ2n) is 7.21. The average Bonchev–Trinajstić information content (AvgIpc) is 3.02. The summed E-state index contributed by atoms with van der Waals surface area (Å²) < 4.78 is 29.1. The number of nitrogens with zero attached hydrogens (tertiary/aromatic N) is 1. The maximum atomic E-state index is 13.5. The number of imidazole rings is 1. The highest BCUT2D eigenvalue weighted by Gasteiger charge is 2.22. The number of aryl methyl sites for hydroxylation is 1. The van der Waals surface area contributed by atoms with E-state index in [1.54, 1.807) is 59.3 Å². The van der Waals surface area contributed by atoms with Crippen molar-refractivity contribution in [2.24, 2.45) is 0 Å². The summed E-state index contributed by atoms with van der Waals surface area (Å²) >= 11 is 17.5. The molecular formula is C23H18Cl2N2O2S2. The van der Waals surface area contributed by atoms with E-state index in [0.29, 0.717) is 25.9 Å². The van der Waals surface area contributed by atoms with Crippen LogP contribution in [0, 0.1) is 11.7 Å². The Hall–Kier alpha value is -2.38. The summed E-state index contributed by atoms with van der Waals surface area (Å²) in [7, 11) is -3.73. The number of sulfone groups is 1. The normalized spacial score (nSPS) is 12.4. The van der Waals surface area contributed by atoms with Gasteiger partial charge in [0, 0.05) is 16.2 Å². The Bertz CT molecular complexity index is 1450. The van der Waals surface area contributed by atoms with E-state index >= 15 is 0 Å². The lowest BCUT2D eigenvalue weighted by Gasteiger charge is -2.11. The monoisotopic (exact) mass is 488 g/mol. The fourth-order valence-corrected chi connectivity index (χ4v) is 5.38. The van der Waals surface area contributed by atoms with Gasteiger partial charge >= 0.3 is 0 Å². The predicted octanol–water partition coefficient (Wildman–Crippen LogP) is 6.88. The first kappa shape index (κ1) is 21.8. The van der Waals surface area contributed by atoms with Crippen LogP contribution >= 0.6 is 35.4 Å². The highest BCUT2D eigenvalue weighted by molar-refractivity contribution is 8.00. The lowest BCUT2D eigenvalue weighted by Crippen LogP contribution is -2.08. The van der Waals surface area contributed by atoms with E-state index in [9.17, 15) is 8.42 Å². The molecule has 1 aromatic heterocycles. The molecule has 4 aromatic rings. The third-order valence-electron chi connectivity index (χ3n) is 4.85. The lowest BCUT2D eigenvalue weighted by atomic mass is 10.2. The van der Waals surface area contributed by atoms with Gasteiger partial charge in [0.05, 0.1) is 21.7 Å². The third kappa shape index (κ3) is 4.77. The van der Waals surface area contributed by atoms with Crippen LogP contribution in [0.15, 0.2) is 66.7 Å². The molecule has 0 aliphatic rings. The fraction of sp³-hybridized carbons (Fsp3) is 0.0870. The molecule has 0 saturated carbocycles. The van der Waals surface area contributed by atoms with E-state index < -0.39 is 9.84 Å². The van der Waals surface area contributed by atoms with E-state index in [1.807, 2.05) is 25.1 Å². The molecule has 0 unspecified atom stereocenters. The Morgan fingerprint density at radius 2 is 1.61 bits per heavy atom. The molecule has 0 spiro atoms. The second kappa shape index (κ2) is 8.63. The molecular weight excluding hydrogens is 471 g/mol. The predicted molar refractivity (Wildman–Crippen MR) is 132 cm³/mol. The molecule has 0 radical (unpaired) electrons. The zero-order chi connectivity index (χ0) is 22.2. The quantitative estimate of drug-likeness (QED) is 0.311. The van der Waals surface area contributed by atoms with Crippen LogP contribution in [0.25, 0.3) is 22.1 Å². The van der Waals surface area contributed by atoms with Gasteiger partial charge in [0.15, 0.2) is 14.6 Å². The molecule has 0 amide bonds. The molecule has 0 aliphatic carbocycles. The topological polar surface area (TPSA) is 54.9 Å². The largest absolute Gasteiger partial charge is 0.330 e. The third-order valence-corrected chi connectivity index (χ3v) is 7.38. The Kier molecular flexibility index (Phi) is 6.08. The minimum atomic E-state index is -3.73. The number of nitrogens with one attached hydrogen (secondary N) is 1. The van der Waals surface area contributed by atoms with Crippen LogP contribution < -0.4 is 0 Å². The zero-order valence-electron chi connectivity index (χ0n) is 16.5. The first-order chi connectivity index (χ1) is 14.7. The van der Waals surface area contributed by atoms with Gasteiger partial charge in [0.1, 0.15) is 0 Å². The van der Waals surface area contributed by atoms with Crippen LogP contribution in [0.3, 0.4) is 0 Å². The number of benzene rings is 3. The molecule has 158 valence electrons. The zero-order valence-corrected chi connectivity index (χ0v) is 19.6. The molecule has 31 heavy (non-hydrogen) atoms. The van der Waals surface area contributed by atoms with E-state index in [-0.39, 0.29) is 10.7 Å². The van der Waals surface area contributed by atoms with Crippen molar-refractivity contribution in [3.63, 3.8) is 0 Å². The van der Waals surface area contributed by atoms with Crippen molar-refractivity contribution in [1.29, 1.82) is 0 Å². The van der Waals surface area contributed by atoms with Crippen molar-refractivity contribution in [3.8, 4) is 0 Å². The van der Waals surface area contributed by atoms with Crippen molar-refractivity contribution in [3.05, 3.63) is 98.2 Å². The van der Waals surface area contributed by atoms with Gasteiger partial charge in [-0.2, -0.15) is 0 Å². The number of hydrogen-bond acceptors (Lipinski definition) is 3. The number of hydrogen-bond donors (Lipinski definition) is 1. The molecule has 8 heteroatoms. The van der Waals surface area contributed by atoms with Gasteiger partial charge in [-0.05, 0) is 72.2 Å². The van der Waals surface area contributed by atoms with Gasteiger partial charge in [-0.1, -0.05) is 53.5 Å². The molecule has 0 fully saturated rings. The SMILES string of the molecule is Cc1ccc2c(c1)[nH]c(=S)n2C=C(c1ccc(Cl)cc1)S(=O)(=O)Cc1ccc(Cl)cc1. The highest BCUT2D eigenvalue weighted by Crippen LogP contribution is 2.29. The maximum absolute atomic E-state index is 13.5. The Morgan fingerprint density at radius 1 is 1.00 bits per heavy atom. The number of rotatable bonds is 5. The van der Waals surface area contributed by atoms with Crippen LogP contribution in [0.5, 0.6) is 0 Å². The Balaban J connectivity index is 1.89. The number of aromatic amines is 1. The van der Waals surface area contributed by atoms with E-state index in [2.05, 4.69) is 4.98 Å². The van der Waals surface area contributed by atoms with Crippen LogP contribution in [-0.2, 0) is 15.6 Å². The van der Waals surface area contributed by atoms with Crippen LogP contribution in [-0.4, -0.2) is 18.0 Å². The Labute approximate surface area is 195 Å². The average molecular weight is 489 g/mol. The number of fused-ring (bicyclic) bond motifs is 1. The number of halogens is 2. The van der Waals surface area contributed by atoms with E-state index in [4.69, 9.17) is 35.4 Å². The van der Waals surface area contributed by atoms with E-state index in [0.717, 1.165) is 16.6 Å².